The fourth-order valence-corrected chi connectivity index (χ4v) is 3.64. The highest BCUT2D eigenvalue weighted by Gasteiger charge is 2.26. The van der Waals surface area contributed by atoms with Gasteiger partial charge in [0.05, 0.1) is 0 Å². The lowest BCUT2D eigenvalue weighted by molar-refractivity contribution is 0.0680. The van der Waals surface area contributed by atoms with Crippen LogP contribution in [0.4, 0.5) is 0 Å². The third-order valence-electron chi connectivity index (χ3n) is 5.11. The molecule has 0 spiro atoms. The number of pyridine rings is 1. The predicted molar refractivity (Wildman–Crippen MR) is 113 cm³/mol. The number of hydrogen-bond donors (Lipinski definition) is 1. The number of piperidine rings is 1. The molecule has 6 nitrogen and oxygen atoms in total. The molecule has 1 saturated heterocycles. The zero-order valence-corrected chi connectivity index (χ0v) is 16.8. The van der Waals surface area contributed by atoms with Crippen LogP contribution in [0.25, 0.3) is 0 Å². The topological polar surface area (TPSA) is 71.4 Å². The minimum Gasteiger partial charge on any atom is -0.348 e. The molecule has 0 bridgehead atoms. The Kier molecular flexibility index (Phi) is 6.65. The summed E-state index contributed by atoms with van der Waals surface area (Å²) in [6, 6.07) is 9.70. The van der Waals surface area contributed by atoms with Crippen molar-refractivity contribution in [1.29, 1.82) is 0 Å². The van der Waals surface area contributed by atoms with E-state index in [2.05, 4.69) is 18.8 Å². The fourth-order valence-electron chi connectivity index (χ4n) is 3.64. The quantitative estimate of drug-likeness (QED) is 0.767. The molecule has 1 fully saturated rings. The van der Waals surface area contributed by atoms with E-state index in [1.54, 1.807) is 21.7 Å². The van der Waals surface area contributed by atoms with Crippen LogP contribution in [0, 0.1) is 5.92 Å². The van der Waals surface area contributed by atoms with Gasteiger partial charge in [-0.1, -0.05) is 43.3 Å². The maximum Gasteiger partial charge on any atom is 0.259 e. The van der Waals surface area contributed by atoms with Crippen molar-refractivity contribution in [3.63, 3.8) is 0 Å². The zero-order chi connectivity index (χ0) is 20.8. The molecule has 2 heterocycles. The van der Waals surface area contributed by atoms with Crippen LogP contribution < -0.4 is 10.7 Å². The van der Waals surface area contributed by atoms with Gasteiger partial charge < -0.3 is 14.8 Å². The smallest absolute Gasteiger partial charge is 0.259 e. The summed E-state index contributed by atoms with van der Waals surface area (Å²) in [7, 11) is 0. The number of hydrogen-bond acceptors (Lipinski definition) is 3. The lowest BCUT2D eigenvalue weighted by Gasteiger charge is -2.31. The summed E-state index contributed by atoms with van der Waals surface area (Å²) >= 11 is 0. The van der Waals surface area contributed by atoms with E-state index in [0.29, 0.717) is 25.6 Å². The van der Waals surface area contributed by atoms with Crippen LogP contribution in [0.15, 0.2) is 60.2 Å². The van der Waals surface area contributed by atoms with Crippen molar-refractivity contribution >= 4 is 11.8 Å². The molecule has 6 heteroatoms. The molecule has 2 amide bonds. The number of rotatable bonds is 6. The zero-order valence-electron chi connectivity index (χ0n) is 16.8. The largest absolute Gasteiger partial charge is 0.348 e. The predicted octanol–water partition coefficient (Wildman–Crippen LogP) is 2.68. The monoisotopic (exact) mass is 393 g/mol. The molecule has 0 aliphatic carbocycles. The number of aromatic nitrogens is 1. The molecule has 0 unspecified atom stereocenters. The second-order valence-corrected chi connectivity index (χ2v) is 7.57. The van der Waals surface area contributed by atoms with Crippen LogP contribution >= 0.6 is 0 Å². The first kappa shape index (κ1) is 20.6. The first-order chi connectivity index (χ1) is 14.0. The van der Waals surface area contributed by atoms with Gasteiger partial charge in [-0.2, -0.15) is 0 Å². The third-order valence-corrected chi connectivity index (χ3v) is 5.11. The minimum atomic E-state index is -0.529. The van der Waals surface area contributed by atoms with Crippen molar-refractivity contribution in [2.75, 3.05) is 19.6 Å². The SMILES string of the molecule is C=CCNC(=O)c1cn(Cc2ccccc2)cc(C(=O)N2CCC[C@@H](C)C2)c1=O. The molecule has 1 aliphatic rings. The van der Waals surface area contributed by atoms with E-state index in [1.807, 2.05) is 30.3 Å². The van der Waals surface area contributed by atoms with Gasteiger partial charge in [0.2, 0.25) is 5.43 Å². The normalized spacial score (nSPS) is 16.3. The van der Waals surface area contributed by atoms with Gasteiger partial charge in [0.1, 0.15) is 11.1 Å². The maximum absolute atomic E-state index is 13.1. The summed E-state index contributed by atoms with van der Waals surface area (Å²) in [4.78, 5) is 40.4. The summed E-state index contributed by atoms with van der Waals surface area (Å²) in [6.07, 6.45) is 6.63. The molecular weight excluding hydrogens is 366 g/mol. The van der Waals surface area contributed by atoms with Crippen molar-refractivity contribution in [1.82, 2.24) is 14.8 Å². The van der Waals surface area contributed by atoms with Crippen molar-refractivity contribution < 1.29 is 9.59 Å². The second kappa shape index (κ2) is 9.37. The van der Waals surface area contributed by atoms with Gasteiger partial charge in [0, 0.05) is 38.6 Å². The summed E-state index contributed by atoms with van der Waals surface area (Å²) in [5.74, 6) is -0.404. The number of carbonyl (C=O) groups is 2. The number of amides is 2. The van der Waals surface area contributed by atoms with E-state index in [9.17, 15) is 14.4 Å². The van der Waals surface area contributed by atoms with Gasteiger partial charge in [-0.15, -0.1) is 6.58 Å². The summed E-state index contributed by atoms with van der Waals surface area (Å²) in [6.45, 7) is 7.65. The number of nitrogens with one attached hydrogen (secondary N) is 1. The Morgan fingerprint density at radius 2 is 1.93 bits per heavy atom. The maximum atomic E-state index is 13.1. The molecule has 1 N–H and O–H groups in total. The van der Waals surface area contributed by atoms with Crippen molar-refractivity contribution in [3.05, 3.63) is 82.3 Å². The average Bonchev–Trinajstić information content (AvgIpc) is 2.73. The Morgan fingerprint density at radius 3 is 2.62 bits per heavy atom. The molecule has 1 aliphatic heterocycles. The Morgan fingerprint density at radius 1 is 1.21 bits per heavy atom. The first-order valence-electron chi connectivity index (χ1n) is 9.96. The van der Waals surface area contributed by atoms with Crippen molar-refractivity contribution in [2.45, 2.75) is 26.3 Å². The molecule has 1 atom stereocenters. The Balaban J connectivity index is 1.99. The van der Waals surface area contributed by atoms with Crippen LogP contribution in [-0.2, 0) is 6.54 Å². The molecule has 0 saturated carbocycles. The van der Waals surface area contributed by atoms with Crippen LogP contribution in [0.1, 0.15) is 46.0 Å². The molecule has 2 aromatic rings. The highest BCUT2D eigenvalue weighted by Crippen LogP contribution is 2.17. The molecular formula is C23H27N3O3. The van der Waals surface area contributed by atoms with Gasteiger partial charge >= 0.3 is 0 Å². The number of likely N-dealkylation sites (tertiary alicyclic amines) is 1. The van der Waals surface area contributed by atoms with Crippen LogP contribution in [0.5, 0.6) is 0 Å². The summed E-state index contributed by atoms with van der Waals surface area (Å²) in [5.41, 5.74) is 0.498. The standard InChI is InChI=1S/C23H27N3O3/c1-3-11-24-22(28)19-15-25(14-18-9-5-4-6-10-18)16-20(21(19)27)23(29)26-12-7-8-17(2)13-26/h3-6,9-10,15-17H,1,7-8,11-14H2,2H3,(H,24,28)/t17-/m1/s1. The highest BCUT2D eigenvalue weighted by atomic mass is 16.2. The minimum absolute atomic E-state index is 0.0290. The Bertz CT molecular complexity index is 950. The lowest BCUT2D eigenvalue weighted by Crippen LogP contribution is -2.42. The van der Waals surface area contributed by atoms with Crippen LogP contribution in [0.2, 0.25) is 0 Å². The average molecular weight is 393 g/mol. The van der Waals surface area contributed by atoms with E-state index >= 15 is 0 Å². The molecule has 3 rings (SSSR count). The van der Waals surface area contributed by atoms with E-state index < -0.39 is 11.3 Å². The third kappa shape index (κ3) is 5.02. The molecule has 1 aromatic carbocycles. The van der Waals surface area contributed by atoms with Gasteiger partial charge in [-0.25, -0.2) is 0 Å². The Labute approximate surface area is 170 Å². The highest BCUT2D eigenvalue weighted by molar-refractivity contribution is 5.99. The van der Waals surface area contributed by atoms with Crippen molar-refractivity contribution in [2.24, 2.45) is 5.92 Å². The number of carbonyl (C=O) groups excluding carboxylic acids is 2. The van der Waals surface area contributed by atoms with Gasteiger partial charge in [-0.05, 0) is 24.3 Å². The van der Waals surface area contributed by atoms with Gasteiger partial charge in [0.15, 0.2) is 0 Å². The Hall–Kier alpha value is -3.15. The van der Waals surface area contributed by atoms with Gasteiger partial charge in [0.25, 0.3) is 11.8 Å². The van der Waals surface area contributed by atoms with Gasteiger partial charge in [-0.3, -0.25) is 14.4 Å². The number of benzene rings is 1. The van der Waals surface area contributed by atoms with E-state index in [4.69, 9.17) is 0 Å². The van der Waals surface area contributed by atoms with E-state index in [1.165, 1.54) is 6.20 Å². The van der Waals surface area contributed by atoms with Crippen LogP contribution in [-0.4, -0.2) is 40.9 Å². The molecule has 0 radical (unpaired) electrons. The van der Waals surface area contributed by atoms with Crippen molar-refractivity contribution in [3.8, 4) is 0 Å². The fraction of sp³-hybridized carbons (Fsp3) is 0.348. The summed E-state index contributed by atoms with van der Waals surface area (Å²) < 4.78 is 1.74. The van der Waals surface area contributed by atoms with Crippen LogP contribution in [0.3, 0.4) is 0 Å². The molecule has 1 aromatic heterocycles. The van der Waals surface area contributed by atoms with E-state index in [-0.39, 0.29) is 23.6 Å². The first-order valence-corrected chi connectivity index (χ1v) is 9.96. The molecule has 29 heavy (non-hydrogen) atoms. The second-order valence-electron chi connectivity index (χ2n) is 7.57. The lowest BCUT2D eigenvalue weighted by atomic mass is 9.99. The summed E-state index contributed by atoms with van der Waals surface area (Å²) in [5, 5.41) is 2.64. The molecule has 152 valence electrons. The number of nitrogens with zero attached hydrogens (tertiary/aromatic N) is 2. The van der Waals surface area contributed by atoms with E-state index in [0.717, 1.165) is 18.4 Å².